The lowest BCUT2D eigenvalue weighted by Gasteiger charge is -2.36. The number of halogens is 6. The number of nitrogens with one attached hydrogen (secondary N) is 3. The lowest BCUT2D eigenvalue weighted by molar-refractivity contribution is -0.173. The number of benzene rings is 1. The van der Waals surface area contributed by atoms with E-state index < -0.39 is 36.4 Å². The summed E-state index contributed by atoms with van der Waals surface area (Å²) in [4.78, 5) is 30.6. The number of aromatic nitrogens is 4. The lowest BCUT2D eigenvalue weighted by atomic mass is 9.57. The Hall–Kier alpha value is -3.76. The van der Waals surface area contributed by atoms with Crippen molar-refractivity contribution in [1.29, 1.82) is 0 Å². The smallest absolute Gasteiger partial charge is 0.372 e. The third-order valence-electron chi connectivity index (χ3n) is 5.90. The van der Waals surface area contributed by atoms with Crippen molar-refractivity contribution in [2.75, 3.05) is 20.3 Å². The minimum absolute atomic E-state index is 0.0938. The maximum atomic E-state index is 13.1. The molecular weight excluding hydrogens is 586 g/mol. The zero-order valence-electron chi connectivity index (χ0n) is 23.1. The summed E-state index contributed by atoms with van der Waals surface area (Å²) in [6.45, 7) is -0.221. The quantitative estimate of drug-likeness (QED) is 0.212. The molecule has 43 heavy (non-hydrogen) atoms. The molecule has 3 amide bonds. The van der Waals surface area contributed by atoms with Gasteiger partial charge in [0.15, 0.2) is 5.69 Å². The van der Waals surface area contributed by atoms with Gasteiger partial charge >= 0.3 is 18.4 Å². The second kappa shape index (κ2) is 13.7. The van der Waals surface area contributed by atoms with Crippen LogP contribution in [0.3, 0.4) is 0 Å². The van der Waals surface area contributed by atoms with Crippen LogP contribution in [0.4, 0.5) is 31.1 Å². The van der Waals surface area contributed by atoms with Gasteiger partial charge in [-0.1, -0.05) is 30.5 Å². The number of nitrogens with zero attached hydrogens (tertiary/aromatic N) is 4. The topological polar surface area (TPSA) is 138 Å². The van der Waals surface area contributed by atoms with E-state index in [9.17, 15) is 35.9 Å². The molecule has 19 heteroatoms. The molecule has 2 fully saturated rings. The average Bonchev–Trinajstić information content (AvgIpc) is 3.60. The number of aryl methyl sites for hydroxylation is 1. The molecule has 2 aliphatic rings. The number of carbonyl (C=O) groups excluding carboxylic acids is 2. The predicted octanol–water partition coefficient (Wildman–Crippen LogP) is 3.04. The van der Waals surface area contributed by atoms with Crippen LogP contribution in [-0.4, -0.2) is 96.8 Å². The number of urea groups is 1. The molecule has 5 rings (SSSR count). The van der Waals surface area contributed by atoms with Crippen LogP contribution in [0.1, 0.15) is 46.8 Å². The summed E-state index contributed by atoms with van der Waals surface area (Å²) in [5, 5.41) is 8.48. The summed E-state index contributed by atoms with van der Waals surface area (Å²) >= 11 is 0. The van der Waals surface area contributed by atoms with Crippen molar-refractivity contribution in [1.82, 2.24) is 35.8 Å². The molecule has 3 aromatic rings. The van der Waals surface area contributed by atoms with E-state index in [1.165, 1.54) is 38.4 Å². The molecular formula is C24H27B2F6N7O4. The number of amides is 3. The predicted molar refractivity (Wildman–Crippen MR) is 141 cm³/mol. The summed E-state index contributed by atoms with van der Waals surface area (Å²) in [5.74, 6) is 0.0890. The summed E-state index contributed by atoms with van der Waals surface area (Å²) in [6, 6.07) is 1.11. The molecule has 4 radical (unpaired) electrons. The van der Waals surface area contributed by atoms with Crippen molar-refractivity contribution in [3.8, 4) is 0 Å². The summed E-state index contributed by atoms with van der Waals surface area (Å²) in [6.07, 6.45) is -4.65. The Morgan fingerprint density at radius 2 is 1.86 bits per heavy atom. The molecule has 1 unspecified atom stereocenters. The number of alkyl halides is 6. The van der Waals surface area contributed by atoms with E-state index in [0.29, 0.717) is 33.0 Å². The Morgan fingerprint density at radius 1 is 1.19 bits per heavy atom. The largest absolute Gasteiger partial charge is 0.411 e. The van der Waals surface area contributed by atoms with Crippen molar-refractivity contribution >= 4 is 38.7 Å². The normalized spacial score (nSPS) is 17.4. The molecule has 2 aromatic heterocycles. The number of carbonyl (C=O) groups is 2. The number of rotatable bonds is 7. The number of hydrogen-bond acceptors (Lipinski definition) is 7. The molecule has 0 bridgehead atoms. The van der Waals surface area contributed by atoms with Gasteiger partial charge in [-0.15, -0.1) is 0 Å². The van der Waals surface area contributed by atoms with Gasteiger partial charge in [-0.25, -0.2) is 14.4 Å². The first-order valence-corrected chi connectivity index (χ1v) is 12.9. The van der Waals surface area contributed by atoms with Crippen LogP contribution in [0.5, 0.6) is 0 Å². The van der Waals surface area contributed by atoms with E-state index in [4.69, 9.17) is 15.7 Å². The zero-order chi connectivity index (χ0) is 32.0. The molecule has 1 saturated carbocycles. The lowest BCUT2D eigenvalue weighted by Crippen LogP contribution is -2.58. The van der Waals surface area contributed by atoms with Gasteiger partial charge in [0.1, 0.15) is 24.2 Å². The minimum atomic E-state index is -4.83. The first-order valence-electron chi connectivity index (χ1n) is 12.9. The fourth-order valence-electron chi connectivity index (χ4n) is 3.62. The van der Waals surface area contributed by atoms with E-state index in [2.05, 4.69) is 35.0 Å². The van der Waals surface area contributed by atoms with Gasteiger partial charge in [0.25, 0.3) is 5.91 Å². The molecule has 0 spiro atoms. The highest BCUT2D eigenvalue weighted by Gasteiger charge is 2.57. The number of hydrogen-bond donors (Lipinski definition) is 3. The van der Waals surface area contributed by atoms with E-state index in [1.807, 2.05) is 0 Å². The fraction of sp³-hybridized carbons (Fsp3) is 0.542. The maximum Gasteiger partial charge on any atom is 0.411 e. The first kappa shape index (κ1) is 33.7. The van der Waals surface area contributed by atoms with E-state index in [0.717, 1.165) is 0 Å². The van der Waals surface area contributed by atoms with Crippen LogP contribution in [0.15, 0.2) is 22.8 Å². The second-order valence-corrected chi connectivity index (χ2v) is 9.69. The van der Waals surface area contributed by atoms with Crippen molar-refractivity contribution in [2.24, 2.45) is 0 Å². The zero-order valence-corrected chi connectivity index (χ0v) is 23.1. The molecule has 1 saturated heterocycles. The average molecular weight is 613 g/mol. The third-order valence-corrected chi connectivity index (χ3v) is 5.90. The molecule has 230 valence electrons. The molecule has 3 N–H and O–H groups in total. The van der Waals surface area contributed by atoms with Crippen molar-refractivity contribution < 1.29 is 45.3 Å². The number of aromatic amines is 1. The maximum absolute atomic E-state index is 13.1. The number of imidazole rings is 1. The van der Waals surface area contributed by atoms with Crippen LogP contribution in [0, 0.1) is 6.92 Å². The van der Waals surface area contributed by atoms with E-state index >= 15 is 0 Å². The van der Waals surface area contributed by atoms with Crippen LogP contribution in [0.25, 0.3) is 11.0 Å². The second-order valence-electron chi connectivity index (χ2n) is 9.69. The SMILES string of the molecule is C1CC1.CNC(=O)c1nonc1C.[B]C1([B])C(C(F)(F)F)NC(=O)N1Cc1ccc2nc(CCOCC(F)(F)F)[nH]c2c1. The highest BCUT2D eigenvalue weighted by atomic mass is 19.4. The minimum Gasteiger partial charge on any atom is -0.372 e. The number of ether oxygens (including phenoxy) is 1. The molecule has 11 nitrogen and oxygen atoms in total. The molecule has 1 aliphatic heterocycles. The Kier molecular flexibility index (Phi) is 10.7. The van der Waals surface area contributed by atoms with Gasteiger partial charge < -0.3 is 25.3 Å². The Labute approximate surface area is 244 Å². The van der Waals surface area contributed by atoms with Crippen LogP contribution < -0.4 is 10.6 Å². The van der Waals surface area contributed by atoms with Crippen molar-refractivity contribution in [3.63, 3.8) is 0 Å². The van der Waals surface area contributed by atoms with Crippen molar-refractivity contribution in [2.45, 2.75) is 62.9 Å². The monoisotopic (exact) mass is 613 g/mol. The van der Waals surface area contributed by atoms with Crippen molar-refractivity contribution in [3.05, 3.63) is 41.0 Å². The highest BCUT2D eigenvalue weighted by molar-refractivity contribution is 6.42. The molecule has 1 aromatic carbocycles. The van der Waals surface area contributed by atoms with Gasteiger partial charge in [-0.2, -0.15) is 26.3 Å². The Bertz CT molecular complexity index is 1390. The Morgan fingerprint density at radius 3 is 2.37 bits per heavy atom. The Balaban J connectivity index is 0.000000319. The fourth-order valence-corrected chi connectivity index (χ4v) is 3.62. The summed E-state index contributed by atoms with van der Waals surface area (Å²) in [5.41, 5.74) is 2.12. The summed E-state index contributed by atoms with van der Waals surface area (Å²) < 4.78 is 84.2. The number of H-pyrrole nitrogens is 1. The van der Waals surface area contributed by atoms with Crippen LogP contribution >= 0.6 is 0 Å². The van der Waals surface area contributed by atoms with Crippen LogP contribution in [0.2, 0.25) is 0 Å². The van der Waals surface area contributed by atoms with E-state index in [-0.39, 0.29) is 31.2 Å². The van der Waals surface area contributed by atoms with Gasteiger partial charge in [0.2, 0.25) is 0 Å². The molecule has 3 heterocycles. The number of fused-ring (bicyclic) bond motifs is 1. The standard InChI is InChI=1S/C16H14B2F6N4O2.C5H7N3O2.C3H6/c17-15(18)12(16(22,23)24)27-13(29)28(15)6-8-1-2-9-10(5-8)26-11(25-9)3-4-30-7-14(19,20)21;1-3-4(5(9)6-2)8-10-7-3;1-2-3-1/h1-2,5,12H,3-4,6-7H2,(H,25,26)(H,27,29);1-2H3,(H,6,9);1-3H2. The highest BCUT2D eigenvalue weighted by Crippen LogP contribution is 2.34. The molecule has 1 atom stereocenters. The molecule has 1 aliphatic carbocycles. The van der Waals surface area contributed by atoms with E-state index in [1.54, 1.807) is 18.3 Å². The van der Waals surface area contributed by atoms with Gasteiger partial charge in [-0.05, 0) is 35.1 Å². The third kappa shape index (κ3) is 9.62. The first-order chi connectivity index (χ1) is 20.0. The van der Waals surface area contributed by atoms with Gasteiger partial charge in [0, 0.05) is 20.0 Å². The van der Waals surface area contributed by atoms with Gasteiger partial charge in [-0.3, -0.25) is 4.79 Å². The summed E-state index contributed by atoms with van der Waals surface area (Å²) in [7, 11) is 12.7. The van der Waals surface area contributed by atoms with Gasteiger partial charge in [0.05, 0.1) is 33.3 Å². The van der Waals surface area contributed by atoms with Crippen LogP contribution in [-0.2, 0) is 17.7 Å².